The molecule has 0 radical (unpaired) electrons. The molecule has 0 aromatic heterocycles. The van der Waals surface area contributed by atoms with Crippen LogP contribution in [0.3, 0.4) is 0 Å². The fraction of sp³-hybridized carbons (Fsp3) is 0.438. The fourth-order valence-electron chi connectivity index (χ4n) is 2.32. The fourth-order valence-corrected chi connectivity index (χ4v) is 2.32. The van der Waals surface area contributed by atoms with Crippen molar-refractivity contribution in [1.82, 2.24) is 0 Å². The maximum atomic E-state index is 11.3. The largest absolute Gasteiger partial charge is 0.298 e. The molecule has 0 fully saturated rings. The number of hydrogen-bond acceptors (Lipinski definition) is 3. The minimum absolute atomic E-state index is 0.00472. The smallest absolute Gasteiger partial charge is 0.147 e. The molecule has 3 nitrogen and oxygen atoms in total. The highest BCUT2D eigenvalue weighted by molar-refractivity contribution is 5.77. The van der Waals surface area contributed by atoms with Gasteiger partial charge in [0.15, 0.2) is 0 Å². The van der Waals surface area contributed by atoms with Gasteiger partial charge >= 0.3 is 0 Å². The van der Waals surface area contributed by atoms with Gasteiger partial charge in [-0.1, -0.05) is 39.0 Å². The predicted octanol–water partition coefficient (Wildman–Crippen LogP) is 3.37. The van der Waals surface area contributed by atoms with Gasteiger partial charge in [-0.15, -0.1) is 0 Å². The molecule has 0 amide bonds. The van der Waals surface area contributed by atoms with Crippen molar-refractivity contribution in [2.24, 2.45) is 5.92 Å². The molecule has 19 heavy (non-hydrogen) atoms. The molecule has 1 aromatic carbocycles. The Morgan fingerprint density at radius 1 is 1.32 bits per heavy atom. The predicted molar refractivity (Wildman–Crippen MR) is 76.9 cm³/mol. The van der Waals surface area contributed by atoms with E-state index in [4.69, 9.17) is 4.84 Å². The highest BCUT2D eigenvalue weighted by Gasteiger charge is 2.31. The van der Waals surface area contributed by atoms with Gasteiger partial charge in [-0.3, -0.25) is 9.63 Å². The van der Waals surface area contributed by atoms with Crippen LogP contribution in [0.5, 0.6) is 0 Å². The SMILES string of the molecule is CC[C@@H]1C(C=O)=C[C@@H](C(C)C)ON1c1ccccc1. The van der Waals surface area contributed by atoms with Crippen molar-refractivity contribution in [3.8, 4) is 0 Å². The van der Waals surface area contributed by atoms with Crippen molar-refractivity contribution in [2.45, 2.75) is 39.3 Å². The first-order valence-electron chi connectivity index (χ1n) is 6.85. The minimum atomic E-state index is -0.0526. The molecular weight excluding hydrogens is 238 g/mol. The third-order valence-electron chi connectivity index (χ3n) is 3.45. The van der Waals surface area contributed by atoms with Crippen LogP contribution in [0, 0.1) is 5.92 Å². The molecule has 0 bridgehead atoms. The summed E-state index contributed by atoms with van der Waals surface area (Å²) in [6, 6.07) is 9.95. The van der Waals surface area contributed by atoms with Crippen molar-refractivity contribution in [3.05, 3.63) is 42.0 Å². The molecule has 3 heteroatoms. The lowest BCUT2D eigenvalue weighted by Crippen LogP contribution is -2.45. The molecule has 2 rings (SSSR count). The van der Waals surface area contributed by atoms with Crippen LogP contribution in [0.4, 0.5) is 5.69 Å². The molecule has 0 spiro atoms. The van der Waals surface area contributed by atoms with Gasteiger partial charge in [0.2, 0.25) is 0 Å². The molecule has 0 aliphatic carbocycles. The van der Waals surface area contributed by atoms with E-state index in [1.165, 1.54) is 0 Å². The highest BCUT2D eigenvalue weighted by Crippen LogP contribution is 2.30. The van der Waals surface area contributed by atoms with Gasteiger partial charge in [-0.05, 0) is 30.5 Å². The third-order valence-corrected chi connectivity index (χ3v) is 3.45. The Morgan fingerprint density at radius 3 is 2.53 bits per heavy atom. The maximum absolute atomic E-state index is 11.3. The van der Waals surface area contributed by atoms with Crippen molar-refractivity contribution < 1.29 is 9.63 Å². The number of carbonyl (C=O) groups excluding carboxylic acids is 1. The quantitative estimate of drug-likeness (QED) is 0.776. The Balaban J connectivity index is 2.37. The van der Waals surface area contributed by atoms with Crippen LogP contribution in [-0.4, -0.2) is 18.4 Å². The van der Waals surface area contributed by atoms with Gasteiger partial charge in [0, 0.05) is 5.57 Å². The molecule has 2 atom stereocenters. The summed E-state index contributed by atoms with van der Waals surface area (Å²) in [5.41, 5.74) is 1.81. The summed E-state index contributed by atoms with van der Waals surface area (Å²) < 4.78 is 0. The van der Waals surface area contributed by atoms with E-state index in [0.717, 1.165) is 24.0 Å². The van der Waals surface area contributed by atoms with Crippen molar-refractivity contribution >= 4 is 12.0 Å². The van der Waals surface area contributed by atoms with Crippen LogP contribution in [0.2, 0.25) is 0 Å². The van der Waals surface area contributed by atoms with Crippen molar-refractivity contribution in [2.75, 3.05) is 5.06 Å². The van der Waals surface area contributed by atoms with Gasteiger partial charge in [0.05, 0.1) is 11.7 Å². The normalized spacial score (nSPS) is 23.4. The first-order valence-corrected chi connectivity index (χ1v) is 6.85. The first kappa shape index (κ1) is 13.8. The minimum Gasteiger partial charge on any atom is -0.298 e. The Bertz CT molecular complexity index is 453. The van der Waals surface area contributed by atoms with Crippen LogP contribution in [0.15, 0.2) is 42.0 Å². The molecule has 1 heterocycles. The summed E-state index contributed by atoms with van der Waals surface area (Å²) in [5.74, 6) is 0.332. The number of benzene rings is 1. The topological polar surface area (TPSA) is 29.5 Å². The zero-order valence-corrected chi connectivity index (χ0v) is 11.7. The molecule has 1 aliphatic heterocycles. The number of anilines is 1. The van der Waals surface area contributed by atoms with E-state index in [0.29, 0.717) is 5.92 Å². The lowest BCUT2D eigenvalue weighted by atomic mass is 9.97. The van der Waals surface area contributed by atoms with Crippen LogP contribution in [0.1, 0.15) is 27.2 Å². The Labute approximate surface area is 114 Å². The summed E-state index contributed by atoms with van der Waals surface area (Å²) in [5, 5.41) is 1.88. The lowest BCUT2D eigenvalue weighted by Gasteiger charge is -2.39. The Morgan fingerprint density at radius 2 is 2.00 bits per heavy atom. The second-order valence-corrected chi connectivity index (χ2v) is 5.18. The number of rotatable bonds is 4. The molecule has 1 aromatic rings. The second-order valence-electron chi connectivity index (χ2n) is 5.18. The number of hydroxylamine groups is 1. The van der Waals surface area contributed by atoms with Crippen LogP contribution in [0.25, 0.3) is 0 Å². The molecule has 1 aliphatic rings. The van der Waals surface area contributed by atoms with E-state index in [2.05, 4.69) is 20.8 Å². The highest BCUT2D eigenvalue weighted by atomic mass is 16.7. The van der Waals surface area contributed by atoms with E-state index in [1.807, 2.05) is 41.5 Å². The molecule has 102 valence electrons. The van der Waals surface area contributed by atoms with E-state index < -0.39 is 0 Å². The first-order chi connectivity index (χ1) is 9.17. The standard InChI is InChI=1S/C16H21NO2/c1-4-15-13(11-18)10-16(12(2)3)19-17(15)14-8-6-5-7-9-14/h5-12,15-16H,4H2,1-3H3/t15-,16+/m1/s1. The van der Waals surface area contributed by atoms with E-state index in [9.17, 15) is 4.79 Å². The molecule has 0 N–H and O–H groups in total. The Kier molecular flexibility index (Phi) is 4.38. The number of carbonyl (C=O) groups is 1. The van der Waals surface area contributed by atoms with Crippen LogP contribution in [-0.2, 0) is 9.63 Å². The summed E-state index contributed by atoms with van der Waals surface area (Å²) in [6.07, 6.45) is 3.71. The van der Waals surface area contributed by atoms with Crippen molar-refractivity contribution in [3.63, 3.8) is 0 Å². The maximum Gasteiger partial charge on any atom is 0.147 e. The third kappa shape index (κ3) is 2.87. The van der Waals surface area contributed by atoms with Crippen molar-refractivity contribution in [1.29, 1.82) is 0 Å². The summed E-state index contributed by atoms with van der Waals surface area (Å²) in [4.78, 5) is 17.4. The summed E-state index contributed by atoms with van der Waals surface area (Å²) in [7, 11) is 0. The average molecular weight is 259 g/mol. The summed E-state index contributed by atoms with van der Waals surface area (Å²) in [6.45, 7) is 6.26. The molecule has 0 unspecified atom stereocenters. The monoisotopic (exact) mass is 259 g/mol. The van der Waals surface area contributed by atoms with Crippen LogP contribution < -0.4 is 5.06 Å². The number of nitrogens with zero attached hydrogens (tertiary/aromatic N) is 1. The zero-order chi connectivity index (χ0) is 13.8. The van der Waals surface area contributed by atoms with Gasteiger partial charge in [-0.25, -0.2) is 5.06 Å². The number of hydrogen-bond donors (Lipinski definition) is 0. The molecular formula is C16H21NO2. The Hall–Kier alpha value is -1.61. The van der Waals surface area contributed by atoms with Crippen LogP contribution >= 0.6 is 0 Å². The zero-order valence-electron chi connectivity index (χ0n) is 11.7. The van der Waals surface area contributed by atoms with Gasteiger partial charge in [-0.2, -0.15) is 0 Å². The molecule has 0 saturated heterocycles. The average Bonchev–Trinajstić information content (AvgIpc) is 2.46. The van der Waals surface area contributed by atoms with E-state index in [-0.39, 0.29) is 12.1 Å². The number of para-hydroxylation sites is 1. The van der Waals surface area contributed by atoms with Gasteiger partial charge in [0.25, 0.3) is 0 Å². The molecule has 0 saturated carbocycles. The second kappa shape index (κ2) is 6.02. The lowest BCUT2D eigenvalue weighted by molar-refractivity contribution is -0.106. The van der Waals surface area contributed by atoms with E-state index >= 15 is 0 Å². The number of aldehydes is 1. The van der Waals surface area contributed by atoms with E-state index in [1.54, 1.807) is 0 Å². The van der Waals surface area contributed by atoms with Gasteiger partial charge < -0.3 is 0 Å². The summed E-state index contributed by atoms with van der Waals surface area (Å²) >= 11 is 0. The van der Waals surface area contributed by atoms with Gasteiger partial charge in [0.1, 0.15) is 12.4 Å².